The first-order valence-electron chi connectivity index (χ1n) is 7.34. The Kier molecular flexibility index (Phi) is 10.9. The van der Waals surface area contributed by atoms with Gasteiger partial charge in [-0.05, 0) is 12.8 Å². The summed E-state index contributed by atoms with van der Waals surface area (Å²) in [7, 11) is 0. The predicted octanol–water partition coefficient (Wildman–Crippen LogP) is 2.67. The van der Waals surface area contributed by atoms with Crippen LogP contribution in [-0.4, -0.2) is 17.9 Å². The second-order valence-electron chi connectivity index (χ2n) is 4.85. The van der Waals surface area contributed by atoms with Gasteiger partial charge in [0.1, 0.15) is 0 Å². The molecule has 4 nitrogen and oxygen atoms in total. The highest BCUT2D eigenvalue weighted by atomic mass is 16.2. The summed E-state index contributed by atoms with van der Waals surface area (Å²) in [6, 6.07) is -0.263. The molecule has 0 rings (SSSR count). The quantitative estimate of drug-likeness (QED) is 0.446. The van der Waals surface area contributed by atoms with E-state index >= 15 is 0 Å². The van der Waals surface area contributed by atoms with E-state index in [-0.39, 0.29) is 18.4 Å². The van der Waals surface area contributed by atoms with Gasteiger partial charge >= 0.3 is 0 Å². The van der Waals surface area contributed by atoms with Crippen molar-refractivity contribution in [3.63, 3.8) is 0 Å². The van der Waals surface area contributed by atoms with Crippen molar-refractivity contribution in [3.05, 3.63) is 12.2 Å². The van der Waals surface area contributed by atoms with Gasteiger partial charge in [0.05, 0.1) is 12.5 Å². The number of hydrogen-bond acceptors (Lipinski definition) is 2. The van der Waals surface area contributed by atoms with Crippen LogP contribution in [0.1, 0.15) is 65.2 Å². The van der Waals surface area contributed by atoms with Gasteiger partial charge in [-0.25, -0.2) is 0 Å². The molecule has 0 aromatic carbocycles. The maximum Gasteiger partial charge on any atom is 0.220 e. The maximum absolute atomic E-state index is 11.7. The summed E-state index contributed by atoms with van der Waals surface area (Å²) in [6.45, 7) is 4.18. The molecule has 0 fully saturated rings. The van der Waals surface area contributed by atoms with E-state index in [1.165, 1.54) is 19.3 Å². The lowest BCUT2D eigenvalue weighted by atomic mass is 10.1. The minimum atomic E-state index is -0.394. The summed E-state index contributed by atoms with van der Waals surface area (Å²) in [5.41, 5.74) is 5.17. The van der Waals surface area contributed by atoms with E-state index in [9.17, 15) is 9.59 Å². The second-order valence-corrected chi connectivity index (χ2v) is 4.85. The average Bonchev–Trinajstić information content (AvgIpc) is 2.35. The summed E-state index contributed by atoms with van der Waals surface area (Å²) in [5, 5.41) is 2.85. The number of carbonyl (C=O) groups excluding carboxylic acids is 2. The van der Waals surface area contributed by atoms with Gasteiger partial charge in [0.15, 0.2) is 0 Å². The van der Waals surface area contributed by atoms with Crippen LogP contribution in [0.3, 0.4) is 0 Å². The molecule has 0 aliphatic carbocycles. The van der Waals surface area contributed by atoms with Crippen LogP contribution in [0, 0.1) is 0 Å². The van der Waals surface area contributed by atoms with Crippen molar-refractivity contribution < 1.29 is 9.59 Å². The van der Waals surface area contributed by atoms with E-state index in [0.717, 1.165) is 19.3 Å². The number of unbranched alkanes of at least 4 members (excludes halogenated alkanes) is 4. The van der Waals surface area contributed by atoms with Crippen molar-refractivity contribution in [2.75, 3.05) is 0 Å². The molecule has 1 atom stereocenters. The zero-order valence-corrected chi connectivity index (χ0v) is 12.3. The molecule has 0 saturated heterocycles. The Balaban J connectivity index is 3.94. The van der Waals surface area contributed by atoms with E-state index in [4.69, 9.17) is 5.73 Å². The molecule has 0 heterocycles. The van der Waals surface area contributed by atoms with Gasteiger partial charge in [0.25, 0.3) is 0 Å². The SMILES string of the molecule is CC/C=C/[C@@H](CC(N)=O)NC(=O)CCCCCCC. The molecule has 0 aliphatic rings. The zero-order valence-electron chi connectivity index (χ0n) is 12.3. The maximum atomic E-state index is 11.7. The molecule has 4 heteroatoms. The largest absolute Gasteiger partial charge is 0.370 e. The van der Waals surface area contributed by atoms with Gasteiger partial charge in [0, 0.05) is 6.42 Å². The topological polar surface area (TPSA) is 72.2 Å². The Morgan fingerprint density at radius 1 is 1.16 bits per heavy atom. The molecule has 2 amide bonds. The molecule has 0 saturated carbocycles. The fraction of sp³-hybridized carbons (Fsp3) is 0.733. The molecule has 0 aromatic heterocycles. The van der Waals surface area contributed by atoms with Crippen molar-refractivity contribution in [1.82, 2.24) is 5.32 Å². The molecular weight excluding hydrogens is 240 g/mol. The number of amides is 2. The predicted molar refractivity (Wildman–Crippen MR) is 78.5 cm³/mol. The van der Waals surface area contributed by atoms with E-state index in [1.807, 2.05) is 19.1 Å². The highest BCUT2D eigenvalue weighted by Gasteiger charge is 2.11. The average molecular weight is 268 g/mol. The lowest BCUT2D eigenvalue weighted by Crippen LogP contribution is -2.36. The summed E-state index contributed by atoms with van der Waals surface area (Å²) >= 11 is 0. The summed E-state index contributed by atoms with van der Waals surface area (Å²) in [4.78, 5) is 22.7. The van der Waals surface area contributed by atoms with E-state index in [1.54, 1.807) is 0 Å². The molecular formula is C15H28N2O2. The summed E-state index contributed by atoms with van der Waals surface area (Å²) in [5.74, 6) is -0.391. The fourth-order valence-electron chi connectivity index (χ4n) is 1.85. The standard InChI is InChI=1S/C15H28N2O2/c1-3-5-7-8-9-11-15(19)17-13(10-6-4-2)12-14(16)18/h6,10,13H,3-5,7-9,11-12H2,1-2H3,(H2,16,18)(H,17,19)/b10-6+/t13-/m0/s1. The molecule has 3 N–H and O–H groups in total. The third-order valence-electron chi connectivity index (χ3n) is 2.88. The van der Waals surface area contributed by atoms with Crippen molar-refractivity contribution in [2.45, 2.75) is 71.3 Å². The van der Waals surface area contributed by atoms with Gasteiger partial charge < -0.3 is 11.1 Å². The van der Waals surface area contributed by atoms with Crippen LogP contribution in [0.15, 0.2) is 12.2 Å². The minimum Gasteiger partial charge on any atom is -0.370 e. The molecule has 0 aliphatic heterocycles. The van der Waals surface area contributed by atoms with Crippen LogP contribution in [0.2, 0.25) is 0 Å². The Morgan fingerprint density at radius 2 is 1.84 bits per heavy atom. The van der Waals surface area contributed by atoms with E-state index < -0.39 is 5.91 Å². The summed E-state index contributed by atoms with van der Waals surface area (Å²) < 4.78 is 0. The van der Waals surface area contributed by atoms with Gasteiger partial charge in [-0.2, -0.15) is 0 Å². The highest BCUT2D eigenvalue weighted by molar-refractivity contribution is 5.79. The van der Waals surface area contributed by atoms with Crippen molar-refractivity contribution in [1.29, 1.82) is 0 Å². The molecule has 19 heavy (non-hydrogen) atoms. The van der Waals surface area contributed by atoms with Gasteiger partial charge in [-0.1, -0.05) is 51.7 Å². The number of primary amides is 1. The molecule has 110 valence electrons. The van der Waals surface area contributed by atoms with Gasteiger partial charge in [-0.15, -0.1) is 0 Å². The summed E-state index contributed by atoms with van der Waals surface area (Å²) in [6.07, 6.45) is 11.0. The van der Waals surface area contributed by atoms with Crippen LogP contribution in [0.25, 0.3) is 0 Å². The van der Waals surface area contributed by atoms with Gasteiger partial charge in [0.2, 0.25) is 11.8 Å². The lowest BCUT2D eigenvalue weighted by molar-refractivity contribution is -0.122. The van der Waals surface area contributed by atoms with Crippen molar-refractivity contribution >= 4 is 11.8 Å². The molecule has 0 aromatic rings. The molecule has 0 spiro atoms. The second kappa shape index (κ2) is 11.8. The van der Waals surface area contributed by atoms with Crippen LogP contribution < -0.4 is 11.1 Å². The van der Waals surface area contributed by atoms with Gasteiger partial charge in [-0.3, -0.25) is 9.59 Å². The van der Waals surface area contributed by atoms with Crippen LogP contribution in [-0.2, 0) is 9.59 Å². The first kappa shape index (κ1) is 17.7. The number of rotatable bonds is 11. The third-order valence-corrected chi connectivity index (χ3v) is 2.88. The number of nitrogens with one attached hydrogen (secondary N) is 1. The first-order chi connectivity index (χ1) is 9.10. The Bertz CT molecular complexity index is 288. The fourth-order valence-corrected chi connectivity index (χ4v) is 1.85. The molecule has 0 radical (unpaired) electrons. The highest BCUT2D eigenvalue weighted by Crippen LogP contribution is 2.05. The molecule has 0 bridgehead atoms. The van der Waals surface area contributed by atoms with Crippen LogP contribution in [0.5, 0.6) is 0 Å². The van der Waals surface area contributed by atoms with E-state index in [2.05, 4.69) is 12.2 Å². The molecule has 0 unspecified atom stereocenters. The number of carbonyl (C=O) groups is 2. The number of nitrogens with two attached hydrogens (primary N) is 1. The van der Waals surface area contributed by atoms with Crippen LogP contribution in [0.4, 0.5) is 0 Å². The van der Waals surface area contributed by atoms with Crippen LogP contribution >= 0.6 is 0 Å². The van der Waals surface area contributed by atoms with Crippen molar-refractivity contribution in [2.24, 2.45) is 5.73 Å². The number of hydrogen-bond donors (Lipinski definition) is 2. The number of allylic oxidation sites excluding steroid dienone is 1. The van der Waals surface area contributed by atoms with Crippen molar-refractivity contribution in [3.8, 4) is 0 Å². The first-order valence-corrected chi connectivity index (χ1v) is 7.34. The lowest BCUT2D eigenvalue weighted by Gasteiger charge is -2.13. The van der Waals surface area contributed by atoms with E-state index in [0.29, 0.717) is 6.42 Å². The zero-order chi connectivity index (χ0) is 14.5. The normalized spacial score (nSPS) is 12.5. The smallest absolute Gasteiger partial charge is 0.220 e. The minimum absolute atomic E-state index is 0.00324. The Labute approximate surface area is 116 Å². The third kappa shape index (κ3) is 11.5. The Hall–Kier alpha value is -1.32. The monoisotopic (exact) mass is 268 g/mol. The Morgan fingerprint density at radius 3 is 2.42 bits per heavy atom.